The van der Waals surface area contributed by atoms with E-state index >= 15 is 0 Å². The number of morpholine rings is 1. The lowest BCUT2D eigenvalue weighted by molar-refractivity contribution is -0.118. The van der Waals surface area contributed by atoms with Crippen LogP contribution in [0, 0.1) is 0 Å². The zero-order chi connectivity index (χ0) is 20.8. The van der Waals surface area contributed by atoms with Gasteiger partial charge in [0, 0.05) is 19.5 Å². The van der Waals surface area contributed by atoms with E-state index in [1.807, 2.05) is 52.5 Å². The highest BCUT2D eigenvalue weighted by Gasteiger charge is 2.24. The molecule has 0 bridgehead atoms. The Bertz CT molecular complexity index is 967. The van der Waals surface area contributed by atoms with Gasteiger partial charge in [0.05, 0.1) is 29.5 Å². The van der Waals surface area contributed by atoms with E-state index in [0.717, 1.165) is 30.0 Å². The lowest BCUT2D eigenvalue weighted by Crippen LogP contribution is -2.45. The number of thiophene rings is 2. The van der Waals surface area contributed by atoms with Crippen LogP contribution >= 0.6 is 22.7 Å². The van der Waals surface area contributed by atoms with Crippen molar-refractivity contribution < 1.29 is 14.3 Å². The van der Waals surface area contributed by atoms with Crippen LogP contribution in [0.2, 0.25) is 0 Å². The maximum absolute atomic E-state index is 13.2. The van der Waals surface area contributed by atoms with Crippen LogP contribution in [-0.2, 0) is 16.0 Å². The molecule has 2 amide bonds. The van der Waals surface area contributed by atoms with E-state index in [-0.39, 0.29) is 11.8 Å². The molecule has 1 saturated heterocycles. The molecular weight excluding hydrogens is 418 g/mol. The van der Waals surface area contributed by atoms with Gasteiger partial charge in [0.25, 0.3) is 5.91 Å². The molecule has 1 aliphatic rings. The first-order chi connectivity index (χ1) is 14.7. The topological polar surface area (TPSA) is 70.7 Å². The van der Waals surface area contributed by atoms with Crippen molar-refractivity contribution in [3.63, 3.8) is 0 Å². The van der Waals surface area contributed by atoms with Crippen molar-refractivity contribution in [3.05, 3.63) is 69.0 Å². The minimum Gasteiger partial charge on any atom is -0.378 e. The van der Waals surface area contributed by atoms with Gasteiger partial charge in [-0.3, -0.25) is 9.59 Å². The molecule has 1 aromatic carbocycles. The van der Waals surface area contributed by atoms with Crippen molar-refractivity contribution in [3.8, 4) is 0 Å². The van der Waals surface area contributed by atoms with Crippen LogP contribution in [0.15, 0.2) is 58.6 Å². The second-order valence-corrected chi connectivity index (χ2v) is 8.67. The van der Waals surface area contributed by atoms with Crippen LogP contribution in [-0.4, -0.2) is 44.2 Å². The van der Waals surface area contributed by atoms with Crippen molar-refractivity contribution >= 4 is 45.9 Å². The van der Waals surface area contributed by atoms with Gasteiger partial charge in [-0.1, -0.05) is 18.2 Å². The smallest absolute Gasteiger partial charge is 0.262 e. The first-order valence-corrected chi connectivity index (χ1v) is 11.6. The minimum atomic E-state index is -0.674. The maximum atomic E-state index is 13.2. The molecule has 1 aliphatic heterocycles. The number of ether oxygens (including phenoxy) is 1. The predicted octanol–water partition coefficient (Wildman–Crippen LogP) is 3.63. The second kappa shape index (κ2) is 9.88. The highest BCUT2D eigenvalue weighted by atomic mass is 32.1. The SMILES string of the molecule is O=C(N[C@H](Cc1ccsc1)C(=O)Nc1ccccc1N1CCOCC1)c1cccs1. The number of para-hydroxylation sites is 2. The summed E-state index contributed by atoms with van der Waals surface area (Å²) in [5, 5.41) is 11.8. The number of hydrogen-bond donors (Lipinski definition) is 2. The van der Waals surface area contributed by atoms with Gasteiger partial charge < -0.3 is 20.3 Å². The van der Waals surface area contributed by atoms with E-state index < -0.39 is 6.04 Å². The molecule has 3 heterocycles. The Morgan fingerprint density at radius 3 is 2.63 bits per heavy atom. The minimum absolute atomic E-state index is 0.230. The number of amides is 2. The molecule has 2 aromatic heterocycles. The van der Waals surface area contributed by atoms with Crippen LogP contribution in [0.25, 0.3) is 0 Å². The summed E-state index contributed by atoms with van der Waals surface area (Å²) < 4.78 is 5.44. The molecule has 156 valence electrons. The van der Waals surface area contributed by atoms with Crippen molar-refractivity contribution in [2.45, 2.75) is 12.5 Å². The zero-order valence-electron chi connectivity index (χ0n) is 16.4. The van der Waals surface area contributed by atoms with Gasteiger partial charge in [0.1, 0.15) is 6.04 Å². The van der Waals surface area contributed by atoms with Gasteiger partial charge in [0.15, 0.2) is 0 Å². The monoisotopic (exact) mass is 441 g/mol. The lowest BCUT2D eigenvalue weighted by atomic mass is 10.1. The number of anilines is 2. The third-order valence-electron chi connectivity index (χ3n) is 4.90. The predicted molar refractivity (Wildman–Crippen MR) is 122 cm³/mol. The van der Waals surface area contributed by atoms with Crippen molar-refractivity contribution in [1.29, 1.82) is 0 Å². The van der Waals surface area contributed by atoms with E-state index in [1.54, 1.807) is 17.4 Å². The number of benzene rings is 1. The summed E-state index contributed by atoms with van der Waals surface area (Å²) in [5.74, 6) is -0.464. The fourth-order valence-corrected chi connectivity index (χ4v) is 4.68. The average molecular weight is 442 g/mol. The van der Waals surface area contributed by atoms with Gasteiger partial charge in [-0.05, 0) is 46.0 Å². The summed E-state index contributed by atoms with van der Waals surface area (Å²) in [6.45, 7) is 2.89. The Labute approximate surface area is 183 Å². The summed E-state index contributed by atoms with van der Waals surface area (Å²) in [4.78, 5) is 28.6. The number of nitrogens with one attached hydrogen (secondary N) is 2. The lowest BCUT2D eigenvalue weighted by Gasteiger charge is -2.30. The highest BCUT2D eigenvalue weighted by molar-refractivity contribution is 7.12. The summed E-state index contributed by atoms with van der Waals surface area (Å²) >= 11 is 2.93. The summed E-state index contributed by atoms with van der Waals surface area (Å²) in [7, 11) is 0. The standard InChI is InChI=1S/C22H23N3O3S2/c26-21(23-17-4-1-2-5-19(17)25-8-10-28-11-9-25)18(14-16-7-13-29-15-16)24-22(27)20-6-3-12-30-20/h1-7,12-13,15,18H,8-11,14H2,(H,23,26)(H,24,27)/t18-/m1/s1. The zero-order valence-corrected chi connectivity index (χ0v) is 18.0. The van der Waals surface area contributed by atoms with Gasteiger partial charge in [-0.15, -0.1) is 11.3 Å². The average Bonchev–Trinajstić information content (AvgIpc) is 3.49. The van der Waals surface area contributed by atoms with Crippen LogP contribution in [0.5, 0.6) is 0 Å². The number of carbonyl (C=O) groups excluding carboxylic acids is 2. The largest absolute Gasteiger partial charge is 0.378 e. The van der Waals surface area contributed by atoms with E-state index in [0.29, 0.717) is 24.5 Å². The third-order valence-corrected chi connectivity index (χ3v) is 6.50. The molecule has 0 unspecified atom stereocenters. The van der Waals surface area contributed by atoms with Crippen LogP contribution in [0.4, 0.5) is 11.4 Å². The van der Waals surface area contributed by atoms with Gasteiger partial charge >= 0.3 is 0 Å². The molecule has 0 aliphatic carbocycles. The first kappa shape index (κ1) is 20.6. The fraction of sp³-hybridized carbons (Fsp3) is 0.273. The number of carbonyl (C=O) groups is 2. The fourth-order valence-electron chi connectivity index (χ4n) is 3.37. The van der Waals surface area contributed by atoms with Gasteiger partial charge in [-0.25, -0.2) is 0 Å². The third kappa shape index (κ3) is 5.08. The molecule has 1 fully saturated rings. The van der Waals surface area contributed by atoms with E-state index in [4.69, 9.17) is 4.74 Å². The molecule has 4 rings (SSSR count). The van der Waals surface area contributed by atoms with E-state index in [9.17, 15) is 9.59 Å². The molecule has 30 heavy (non-hydrogen) atoms. The van der Waals surface area contributed by atoms with Crippen LogP contribution in [0.3, 0.4) is 0 Å². The molecule has 0 saturated carbocycles. The van der Waals surface area contributed by atoms with Crippen molar-refractivity contribution in [2.24, 2.45) is 0 Å². The number of hydrogen-bond acceptors (Lipinski definition) is 6. The Morgan fingerprint density at radius 2 is 1.90 bits per heavy atom. The summed E-state index contributed by atoms with van der Waals surface area (Å²) in [6, 6.07) is 12.6. The second-order valence-electron chi connectivity index (χ2n) is 6.94. The van der Waals surface area contributed by atoms with E-state index in [2.05, 4.69) is 15.5 Å². The normalized spacial score (nSPS) is 14.9. The molecule has 3 aromatic rings. The summed E-state index contributed by atoms with van der Waals surface area (Å²) in [6.07, 6.45) is 0.437. The van der Waals surface area contributed by atoms with E-state index in [1.165, 1.54) is 11.3 Å². The Kier molecular flexibility index (Phi) is 6.78. The quantitative estimate of drug-likeness (QED) is 0.588. The highest BCUT2D eigenvalue weighted by Crippen LogP contribution is 2.26. The Hall–Kier alpha value is -2.68. The molecular formula is C22H23N3O3S2. The molecule has 0 radical (unpaired) electrons. The molecule has 1 atom stereocenters. The van der Waals surface area contributed by atoms with Gasteiger partial charge in [-0.2, -0.15) is 11.3 Å². The Morgan fingerprint density at radius 1 is 1.07 bits per heavy atom. The van der Waals surface area contributed by atoms with Crippen molar-refractivity contribution in [1.82, 2.24) is 5.32 Å². The number of rotatable bonds is 7. The van der Waals surface area contributed by atoms with Crippen molar-refractivity contribution in [2.75, 3.05) is 36.5 Å². The maximum Gasteiger partial charge on any atom is 0.262 e. The van der Waals surface area contributed by atoms with Crippen LogP contribution in [0.1, 0.15) is 15.2 Å². The Balaban J connectivity index is 1.52. The van der Waals surface area contributed by atoms with Crippen LogP contribution < -0.4 is 15.5 Å². The molecule has 0 spiro atoms. The van der Waals surface area contributed by atoms with Gasteiger partial charge in [0.2, 0.25) is 5.91 Å². The molecule has 2 N–H and O–H groups in total. The number of nitrogens with zero attached hydrogens (tertiary/aromatic N) is 1. The first-order valence-electron chi connectivity index (χ1n) is 9.79. The molecule has 6 nitrogen and oxygen atoms in total. The molecule has 8 heteroatoms. The summed E-state index contributed by atoms with van der Waals surface area (Å²) in [5.41, 5.74) is 2.73.